The molecular formula is C10H11Br2F. The second kappa shape index (κ2) is 4.56. The van der Waals surface area contributed by atoms with Gasteiger partial charge in [-0.25, -0.2) is 4.39 Å². The Morgan fingerprint density at radius 3 is 2.38 bits per heavy atom. The maximum absolute atomic E-state index is 12.9. The molecule has 0 fully saturated rings. The fourth-order valence-electron chi connectivity index (χ4n) is 1.06. The predicted octanol–water partition coefficient (Wildman–Crippen LogP) is 4.48. The van der Waals surface area contributed by atoms with Gasteiger partial charge in [-0.1, -0.05) is 35.8 Å². The van der Waals surface area contributed by atoms with Crippen molar-refractivity contribution in [2.24, 2.45) is 0 Å². The minimum atomic E-state index is -0.210. The third kappa shape index (κ3) is 2.78. The van der Waals surface area contributed by atoms with E-state index in [0.29, 0.717) is 15.2 Å². The molecule has 0 bridgehead atoms. The summed E-state index contributed by atoms with van der Waals surface area (Å²) >= 11 is 6.68. The molecule has 0 aromatic heterocycles. The van der Waals surface area contributed by atoms with Crippen molar-refractivity contribution in [3.63, 3.8) is 0 Å². The van der Waals surface area contributed by atoms with E-state index in [9.17, 15) is 4.39 Å². The lowest BCUT2D eigenvalue weighted by atomic mass is 9.99. The van der Waals surface area contributed by atoms with E-state index in [-0.39, 0.29) is 5.82 Å². The summed E-state index contributed by atoms with van der Waals surface area (Å²) < 4.78 is 13.4. The molecule has 0 saturated heterocycles. The van der Waals surface area contributed by atoms with Crippen molar-refractivity contribution in [3.05, 3.63) is 34.1 Å². The van der Waals surface area contributed by atoms with E-state index in [0.717, 1.165) is 5.56 Å². The molecule has 0 radical (unpaired) electrons. The molecule has 72 valence electrons. The quantitative estimate of drug-likeness (QED) is 0.707. The van der Waals surface area contributed by atoms with Crippen LogP contribution in [0, 0.1) is 5.82 Å². The summed E-state index contributed by atoms with van der Waals surface area (Å²) in [6, 6.07) is 5.14. The molecule has 3 heteroatoms. The first-order chi connectivity index (χ1) is 6.02. The summed E-state index contributed by atoms with van der Waals surface area (Å²) in [6.45, 7) is 4.20. The van der Waals surface area contributed by atoms with Crippen molar-refractivity contribution in [3.8, 4) is 0 Å². The van der Waals surface area contributed by atoms with E-state index in [2.05, 4.69) is 45.7 Å². The fraction of sp³-hybridized carbons (Fsp3) is 0.400. The van der Waals surface area contributed by atoms with Crippen LogP contribution in [-0.2, 0) is 0 Å². The van der Waals surface area contributed by atoms with Crippen LogP contribution in [0.4, 0.5) is 4.39 Å². The van der Waals surface area contributed by atoms with Crippen LogP contribution in [-0.4, -0.2) is 4.83 Å². The molecule has 0 nitrogen and oxygen atoms in total. The Morgan fingerprint density at radius 1 is 1.31 bits per heavy atom. The molecule has 2 atom stereocenters. The van der Waals surface area contributed by atoms with Crippen LogP contribution in [0.3, 0.4) is 0 Å². The van der Waals surface area contributed by atoms with Crippen LogP contribution in [0.15, 0.2) is 22.7 Å². The van der Waals surface area contributed by atoms with Gasteiger partial charge in [0.1, 0.15) is 5.82 Å². The summed E-state index contributed by atoms with van der Waals surface area (Å²) in [5.41, 5.74) is 1.14. The first-order valence-corrected chi connectivity index (χ1v) is 5.82. The summed E-state index contributed by atoms with van der Waals surface area (Å²) in [6.07, 6.45) is 0. The van der Waals surface area contributed by atoms with Gasteiger partial charge < -0.3 is 0 Å². The minimum absolute atomic E-state index is 0.210. The molecular weight excluding hydrogens is 299 g/mol. The zero-order chi connectivity index (χ0) is 10.0. The Balaban J connectivity index is 2.97. The zero-order valence-electron chi connectivity index (χ0n) is 7.52. The molecule has 0 aliphatic rings. The Kier molecular flexibility index (Phi) is 3.92. The van der Waals surface area contributed by atoms with E-state index in [1.807, 2.05) is 12.1 Å². The topological polar surface area (TPSA) is 0 Å². The van der Waals surface area contributed by atoms with Crippen molar-refractivity contribution < 1.29 is 4.39 Å². The molecule has 0 aliphatic heterocycles. The highest BCUT2D eigenvalue weighted by atomic mass is 79.9. The van der Waals surface area contributed by atoms with Gasteiger partial charge in [0, 0.05) is 4.83 Å². The normalized spacial score (nSPS) is 15.5. The largest absolute Gasteiger partial charge is 0.206 e. The molecule has 1 aromatic carbocycles. The summed E-state index contributed by atoms with van der Waals surface area (Å²) in [5.74, 6) is 0.176. The van der Waals surface area contributed by atoms with Crippen LogP contribution in [0.5, 0.6) is 0 Å². The summed E-state index contributed by atoms with van der Waals surface area (Å²) in [4.78, 5) is 0.393. The highest BCUT2D eigenvalue weighted by Gasteiger charge is 2.12. The smallest absolute Gasteiger partial charge is 0.137 e. The third-order valence-corrected chi connectivity index (χ3v) is 3.56. The van der Waals surface area contributed by atoms with Gasteiger partial charge in [0.05, 0.1) is 4.47 Å². The third-order valence-electron chi connectivity index (χ3n) is 2.16. The number of halogens is 3. The highest BCUT2D eigenvalue weighted by molar-refractivity contribution is 9.10. The molecule has 2 unspecified atom stereocenters. The Hall–Kier alpha value is 0.110. The van der Waals surface area contributed by atoms with E-state index < -0.39 is 0 Å². The monoisotopic (exact) mass is 308 g/mol. The van der Waals surface area contributed by atoms with Gasteiger partial charge in [0.2, 0.25) is 0 Å². The van der Waals surface area contributed by atoms with Gasteiger partial charge in [-0.3, -0.25) is 0 Å². The van der Waals surface area contributed by atoms with Crippen LogP contribution in [0.2, 0.25) is 0 Å². The molecule has 1 rings (SSSR count). The predicted molar refractivity (Wildman–Crippen MR) is 60.9 cm³/mol. The van der Waals surface area contributed by atoms with Crippen molar-refractivity contribution in [2.75, 3.05) is 0 Å². The molecule has 0 spiro atoms. The lowest BCUT2D eigenvalue weighted by molar-refractivity contribution is 0.618. The van der Waals surface area contributed by atoms with Crippen molar-refractivity contribution in [2.45, 2.75) is 24.6 Å². The lowest BCUT2D eigenvalue weighted by Gasteiger charge is -2.14. The SMILES string of the molecule is CC(Br)C(C)c1ccc(F)c(Br)c1. The van der Waals surface area contributed by atoms with E-state index in [1.165, 1.54) is 6.07 Å². The van der Waals surface area contributed by atoms with E-state index in [4.69, 9.17) is 0 Å². The molecule has 1 aromatic rings. The highest BCUT2D eigenvalue weighted by Crippen LogP contribution is 2.27. The maximum Gasteiger partial charge on any atom is 0.137 e. The molecule has 0 heterocycles. The summed E-state index contributed by atoms with van der Waals surface area (Å²) in [7, 11) is 0. The van der Waals surface area contributed by atoms with E-state index in [1.54, 1.807) is 0 Å². The first kappa shape index (κ1) is 11.2. The standard InChI is InChI=1S/C10H11Br2F/c1-6(7(2)11)8-3-4-10(13)9(12)5-8/h3-7H,1-2H3. The number of hydrogen-bond acceptors (Lipinski definition) is 0. The number of alkyl halides is 1. The fourth-order valence-corrected chi connectivity index (χ4v) is 1.76. The number of hydrogen-bond donors (Lipinski definition) is 0. The average Bonchev–Trinajstić information content (AvgIpc) is 2.08. The maximum atomic E-state index is 12.9. The van der Waals surface area contributed by atoms with Gasteiger partial charge in [-0.15, -0.1) is 0 Å². The summed E-state index contributed by atoms with van der Waals surface area (Å²) in [5, 5.41) is 0. The van der Waals surface area contributed by atoms with Crippen molar-refractivity contribution in [1.29, 1.82) is 0 Å². The number of rotatable bonds is 2. The number of benzene rings is 1. The Labute approximate surface area is 94.8 Å². The Morgan fingerprint density at radius 2 is 1.92 bits per heavy atom. The Bertz CT molecular complexity index is 297. The minimum Gasteiger partial charge on any atom is -0.206 e. The average molecular weight is 310 g/mol. The van der Waals surface area contributed by atoms with E-state index >= 15 is 0 Å². The van der Waals surface area contributed by atoms with Crippen LogP contribution in [0.25, 0.3) is 0 Å². The first-order valence-electron chi connectivity index (χ1n) is 4.11. The van der Waals surface area contributed by atoms with Gasteiger partial charge in [0.25, 0.3) is 0 Å². The van der Waals surface area contributed by atoms with Gasteiger partial charge >= 0.3 is 0 Å². The lowest BCUT2D eigenvalue weighted by Crippen LogP contribution is -2.04. The molecule has 0 N–H and O–H groups in total. The van der Waals surface area contributed by atoms with Crippen LogP contribution in [0.1, 0.15) is 25.3 Å². The van der Waals surface area contributed by atoms with Gasteiger partial charge in [0.15, 0.2) is 0 Å². The van der Waals surface area contributed by atoms with Crippen molar-refractivity contribution in [1.82, 2.24) is 0 Å². The molecule has 0 saturated carbocycles. The molecule has 13 heavy (non-hydrogen) atoms. The molecule has 0 aliphatic carbocycles. The second-order valence-corrected chi connectivity index (χ2v) is 5.44. The van der Waals surface area contributed by atoms with Crippen LogP contribution < -0.4 is 0 Å². The zero-order valence-corrected chi connectivity index (χ0v) is 10.7. The van der Waals surface area contributed by atoms with Gasteiger partial charge in [-0.05, 0) is 39.5 Å². The molecule has 0 amide bonds. The van der Waals surface area contributed by atoms with Gasteiger partial charge in [-0.2, -0.15) is 0 Å². The van der Waals surface area contributed by atoms with Crippen LogP contribution >= 0.6 is 31.9 Å². The van der Waals surface area contributed by atoms with Crippen molar-refractivity contribution >= 4 is 31.9 Å². The second-order valence-electron chi connectivity index (χ2n) is 3.14.